The van der Waals surface area contributed by atoms with Crippen LogP contribution in [0.3, 0.4) is 0 Å². The van der Waals surface area contributed by atoms with Crippen LogP contribution < -0.4 is 14.9 Å². The van der Waals surface area contributed by atoms with Gasteiger partial charge < -0.3 is 15.0 Å². The molecule has 2 aromatic rings. The molecule has 3 rings (SSSR count). The number of hydrogen-bond donors (Lipinski definition) is 2. The maximum absolute atomic E-state index is 12.8. The van der Waals surface area contributed by atoms with Gasteiger partial charge in [0.05, 0.1) is 35.6 Å². The molecule has 0 saturated carbocycles. The summed E-state index contributed by atoms with van der Waals surface area (Å²) in [5, 5.41) is 11.4. The quantitative estimate of drug-likeness (QED) is 0.574. The summed E-state index contributed by atoms with van der Waals surface area (Å²) in [5.74, 6) is -0.344. The highest BCUT2D eigenvalue weighted by molar-refractivity contribution is 9.10. The number of morpholine rings is 1. The third-order valence-electron chi connectivity index (χ3n) is 4.51. The highest BCUT2D eigenvalue weighted by atomic mass is 79.9. The molecule has 2 aromatic carbocycles. The SMILES string of the molecule is N#CCCNS(=O)(=O)c1ccc(C(=O)Nc2cc(Br)ccc2N2CCOCC2)cc1. The molecule has 10 heteroatoms. The molecule has 0 unspecified atom stereocenters. The molecule has 1 fully saturated rings. The number of carbonyl (C=O) groups is 1. The first-order chi connectivity index (χ1) is 14.4. The monoisotopic (exact) mass is 492 g/mol. The Morgan fingerprint density at radius 3 is 2.53 bits per heavy atom. The van der Waals surface area contributed by atoms with Crippen molar-refractivity contribution in [1.29, 1.82) is 5.26 Å². The molecule has 1 heterocycles. The standard InChI is InChI=1S/C20H21BrN4O4S/c21-16-4-7-19(25-10-12-29-13-11-25)18(14-16)24-20(26)15-2-5-17(6-3-15)30(27,28)23-9-1-8-22/h2-7,14,23H,1,9-13H2,(H,24,26). The molecule has 1 amide bonds. The van der Waals surface area contributed by atoms with Crippen molar-refractivity contribution in [3.8, 4) is 6.07 Å². The number of carbonyl (C=O) groups excluding carboxylic acids is 1. The average Bonchev–Trinajstić information content (AvgIpc) is 2.75. The van der Waals surface area contributed by atoms with Crippen LogP contribution in [0.15, 0.2) is 51.8 Å². The van der Waals surface area contributed by atoms with E-state index >= 15 is 0 Å². The lowest BCUT2D eigenvalue weighted by Crippen LogP contribution is -2.36. The van der Waals surface area contributed by atoms with Gasteiger partial charge in [-0.25, -0.2) is 13.1 Å². The molecule has 30 heavy (non-hydrogen) atoms. The van der Waals surface area contributed by atoms with Gasteiger partial charge in [-0.05, 0) is 42.5 Å². The molecule has 1 aliphatic heterocycles. The molecule has 0 atom stereocenters. The molecule has 2 N–H and O–H groups in total. The molecule has 158 valence electrons. The van der Waals surface area contributed by atoms with Gasteiger partial charge in [-0.3, -0.25) is 4.79 Å². The van der Waals surface area contributed by atoms with Crippen LogP contribution in [-0.2, 0) is 14.8 Å². The lowest BCUT2D eigenvalue weighted by Gasteiger charge is -2.30. The first-order valence-electron chi connectivity index (χ1n) is 9.31. The number of nitrogens with one attached hydrogen (secondary N) is 2. The van der Waals surface area contributed by atoms with E-state index in [1.807, 2.05) is 24.3 Å². The molecule has 1 aliphatic rings. The number of halogens is 1. The number of amides is 1. The zero-order valence-corrected chi connectivity index (χ0v) is 18.5. The van der Waals surface area contributed by atoms with E-state index in [0.717, 1.165) is 23.2 Å². The number of benzene rings is 2. The van der Waals surface area contributed by atoms with Crippen LogP contribution in [0.1, 0.15) is 16.8 Å². The normalized spacial score (nSPS) is 14.2. The van der Waals surface area contributed by atoms with Crippen molar-refractivity contribution in [3.63, 3.8) is 0 Å². The second kappa shape index (κ2) is 10.0. The van der Waals surface area contributed by atoms with Gasteiger partial charge in [0.1, 0.15) is 0 Å². The Bertz CT molecular complexity index is 1050. The third kappa shape index (κ3) is 5.58. The van der Waals surface area contributed by atoms with Crippen LogP contribution in [0, 0.1) is 11.3 Å². The Hall–Kier alpha value is -2.45. The fraction of sp³-hybridized carbons (Fsp3) is 0.300. The summed E-state index contributed by atoms with van der Waals surface area (Å²) in [6.45, 7) is 2.75. The second-order valence-corrected chi connectivity index (χ2v) is 9.23. The highest BCUT2D eigenvalue weighted by Gasteiger charge is 2.18. The predicted molar refractivity (Wildman–Crippen MR) is 117 cm³/mol. The van der Waals surface area contributed by atoms with Crippen LogP contribution in [0.5, 0.6) is 0 Å². The fourth-order valence-electron chi connectivity index (χ4n) is 2.99. The fourth-order valence-corrected chi connectivity index (χ4v) is 4.39. The summed E-state index contributed by atoms with van der Waals surface area (Å²) in [5.41, 5.74) is 1.89. The van der Waals surface area contributed by atoms with Crippen LogP contribution >= 0.6 is 15.9 Å². The summed E-state index contributed by atoms with van der Waals surface area (Å²) in [6.07, 6.45) is 0.0812. The first-order valence-corrected chi connectivity index (χ1v) is 11.6. The van der Waals surface area contributed by atoms with E-state index in [1.54, 1.807) is 0 Å². The Morgan fingerprint density at radius 1 is 1.17 bits per heavy atom. The molecule has 8 nitrogen and oxygen atoms in total. The van der Waals surface area contributed by atoms with Gasteiger partial charge in [0.25, 0.3) is 5.91 Å². The molecule has 0 aliphatic carbocycles. The number of nitriles is 1. The maximum atomic E-state index is 12.8. The largest absolute Gasteiger partial charge is 0.378 e. The van der Waals surface area contributed by atoms with E-state index in [0.29, 0.717) is 24.5 Å². The summed E-state index contributed by atoms with van der Waals surface area (Å²) >= 11 is 3.44. The van der Waals surface area contributed by atoms with Crippen LogP contribution in [0.4, 0.5) is 11.4 Å². The summed E-state index contributed by atoms with van der Waals surface area (Å²) in [6, 6.07) is 13.2. The molecule has 0 spiro atoms. The Morgan fingerprint density at radius 2 is 1.87 bits per heavy atom. The lowest BCUT2D eigenvalue weighted by molar-refractivity contribution is 0.102. The number of sulfonamides is 1. The highest BCUT2D eigenvalue weighted by Crippen LogP contribution is 2.30. The number of anilines is 2. The minimum atomic E-state index is -3.72. The maximum Gasteiger partial charge on any atom is 0.255 e. The van der Waals surface area contributed by atoms with Gasteiger partial charge in [0.2, 0.25) is 10.0 Å². The molecule has 0 aromatic heterocycles. The minimum absolute atomic E-state index is 0.0356. The van der Waals surface area contributed by atoms with Crippen molar-refractivity contribution >= 4 is 43.2 Å². The van der Waals surface area contributed by atoms with Gasteiger partial charge in [-0.1, -0.05) is 15.9 Å². The van der Waals surface area contributed by atoms with Crippen LogP contribution in [-0.4, -0.2) is 47.2 Å². The van der Waals surface area contributed by atoms with Gasteiger partial charge >= 0.3 is 0 Å². The number of rotatable bonds is 7. The van der Waals surface area contributed by atoms with Gasteiger partial charge in [-0.15, -0.1) is 0 Å². The summed E-state index contributed by atoms with van der Waals surface area (Å²) in [4.78, 5) is 14.9. The summed E-state index contributed by atoms with van der Waals surface area (Å²) < 4.78 is 33.0. The topological polar surface area (TPSA) is 112 Å². The van der Waals surface area contributed by atoms with Crippen molar-refractivity contribution in [2.75, 3.05) is 43.1 Å². The molecule has 0 bridgehead atoms. The molecular weight excluding hydrogens is 472 g/mol. The van der Waals surface area contributed by atoms with Crippen molar-refractivity contribution < 1.29 is 17.9 Å². The van der Waals surface area contributed by atoms with Crippen LogP contribution in [0.2, 0.25) is 0 Å². The number of ether oxygens (including phenoxy) is 1. The Kier molecular flexibility index (Phi) is 7.44. The lowest BCUT2D eigenvalue weighted by atomic mass is 10.2. The second-order valence-electron chi connectivity index (χ2n) is 6.55. The van der Waals surface area contributed by atoms with Crippen molar-refractivity contribution in [1.82, 2.24) is 4.72 Å². The van der Waals surface area contributed by atoms with E-state index in [-0.39, 0.29) is 23.8 Å². The molecular formula is C20H21BrN4O4S. The van der Waals surface area contributed by atoms with Gasteiger partial charge in [0.15, 0.2) is 0 Å². The number of nitrogens with zero attached hydrogens (tertiary/aromatic N) is 2. The third-order valence-corrected chi connectivity index (χ3v) is 6.48. The zero-order valence-electron chi connectivity index (χ0n) is 16.1. The van der Waals surface area contributed by atoms with Crippen molar-refractivity contribution in [2.45, 2.75) is 11.3 Å². The van der Waals surface area contributed by atoms with E-state index in [9.17, 15) is 13.2 Å². The van der Waals surface area contributed by atoms with Gasteiger partial charge in [0, 0.05) is 36.1 Å². The molecule has 0 radical (unpaired) electrons. The Labute approximate surface area is 184 Å². The predicted octanol–water partition coefficient (Wildman–Crippen LogP) is 2.73. The first kappa shape index (κ1) is 22.2. The zero-order chi connectivity index (χ0) is 21.6. The van der Waals surface area contributed by atoms with Gasteiger partial charge in [-0.2, -0.15) is 5.26 Å². The average molecular weight is 493 g/mol. The van der Waals surface area contributed by atoms with Crippen molar-refractivity contribution in [2.24, 2.45) is 0 Å². The van der Waals surface area contributed by atoms with E-state index in [4.69, 9.17) is 10.00 Å². The molecule has 1 saturated heterocycles. The van der Waals surface area contributed by atoms with E-state index < -0.39 is 10.0 Å². The summed E-state index contributed by atoms with van der Waals surface area (Å²) in [7, 11) is -3.72. The van der Waals surface area contributed by atoms with Crippen molar-refractivity contribution in [3.05, 3.63) is 52.5 Å². The Balaban J connectivity index is 1.75. The van der Waals surface area contributed by atoms with E-state index in [2.05, 4.69) is 30.9 Å². The van der Waals surface area contributed by atoms with E-state index in [1.165, 1.54) is 24.3 Å². The minimum Gasteiger partial charge on any atom is -0.378 e. The number of hydrogen-bond acceptors (Lipinski definition) is 6. The smallest absolute Gasteiger partial charge is 0.255 e. The van der Waals surface area contributed by atoms with Crippen LogP contribution in [0.25, 0.3) is 0 Å².